The second-order valence-corrected chi connectivity index (χ2v) is 6.00. The van der Waals surface area contributed by atoms with Crippen molar-refractivity contribution in [3.8, 4) is 11.4 Å². The predicted molar refractivity (Wildman–Crippen MR) is 102 cm³/mol. The summed E-state index contributed by atoms with van der Waals surface area (Å²) in [6, 6.07) is 16.1. The molecule has 0 spiro atoms. The highest BCUT2D eigenvalue weighted by Crippen LogP contribution is 2.27. The molecule has 6 nitrogen and oxygen atoms in total. The van der Waals surface area contributed by atoms with Crippen LogP contribution in [0.4, 0.5) is 31.9 Å². The molecule has 0 aliphatic rings. The highest BCUT2D eigenvalue weighted by Gasteiger charge is 2.13. The second-order valence-electron chi connectivity index (χ2n) is 6.00. The molecule has 4 rings (SSSR count). The molecule has 0 aliphatic heterocycles. The van der Waals surface area contributed by atoms with Gasteiger partial charge in [0.1, 0.15) is 34.7 Å². The molecule has 2 heterocycles. The Morgan fingerprint density at radius 1 is 0.786 bits per heavy atom. The van der Waals surface area contributed by atoms with E-state index in [1.807, 2.05) is 30.3 Å². The first-order valence-electron chi connectivity index (χ1n) is 8.44. The summed E-state index contributed by atoms with van der Waals surface area (Å²) in [6.45, 7) is 1.77. The van der Waals surface area contributed by atoms with Crippen LogP contribution in [0.25, 0.3) is 11.4 Å². The minimum Gasteiger partial charge on any atom is -0.360 e. The average molecular weight is 379 g/mol. The normalized spacial score (nSPS) is 10.7. The molecule has 0 aliphatic carbocycles. The average Bonchev–Trinajstić information content (AvgIpc) is 3.10. The summed E-state index contributed by atoms with van der Waals surface area (Å²) in [5.41, 5.74) is 0.461. The van der Waals surface area contributed by atoms with E-state index < -0.39 is 11.6 Å². The first-order valence-corrected chi connectivity index (χ1v) is 8.44. The molecule has 0 saturated heterocycles. The van der Waals surface area contributed by atoms with Crippen molar-refractivity contribution in [1.82, 2.24) is 15.1 Å². The van der Waals surface area contributed by atoms with Gasteiger partial charge < -0.3 is 15.2 Å². The molecule has 0 bridgehead atoms. The summed E-state index contributed by atoms with van der Waals surface area (Å²) in [6.07, 6.45) is 0. The highest BCUT2D eigenvalue weighted by molar-refractivity contribution is 5.67. The lowest BCUT2D eigenvalue weighted by atomic mass is 10.2. The quantitative estimate of drug-likeness (QED) is 0.496. The third-order valence-electron chi connectivity index (χ3n) is 3.86. The lowest BCUT2D eigenvalue weighted by Crippen LogP contribution is -2.04. The standard InChI is InChI=1S/C20H15F2N5O/c1-12-10-18(27-28-12)23-16-11-17(24-19-14(21)8-5-9-15(19)22)26-20(25-16)13-6-3-2-4-7-13/h2-11H,1H3,(H2,23,24,25,26,27). The molecule has 140 valence electrons. The molecule has 2 N–H and O–H groups in total. The Hall–Kier alpha value is -3.81. The summed E-state index contributed by atoms with van der Waals surface area (Å²) >= 11 is 0. The van der Waals surface area contributed by atoms with Crippen LogP contribution in [0.2, 0.25) is 0 Å². The number of nitrogens with zero attached hydrogens (tertiary/aromatic N) is 3. The van der Waals surface area contributed by atoms with Gasteiger partial charge in [-0.1, -0.05) is 41.6 Å². The van der Waals surface area contributed by atoms with Crippen LogP contribution in [0, 0.1) is 18.6 Å². The van der Waals surface area contributed by atoms with Crippen LogP contribution >= 0.6 is 0 Å². The molecule has 0 atom stereocenters. The number of nitrogens with one attached hydrogen (secondary N) is 2. The van der Waals surface area contributed by atoms with E-state index in [1.54, 1.807) is 13.0 Å². The fraction of sp³-hybridized carbons (Fsp3) is 0.0500. The van der Waals surface area contributed by atoms with Crippen molar-refractivity contribution < 1.29 is 13.3 Å². The van der Waals surface area contributed by atoms with Gasteiger partial charge in [0.15, 0.2) is 11.6 Å². The summed E-state index contributed by atoms with van der Waals surface area (Å²) in [5.74, 6) is 0.639. The van der Waals surface area contributed by atoms with Crippen molar-refractivity contribution in [3.05, 3.63) is 78.1 Å². The first kappa shape index (κ1) is 17.6. The summed E-state index contributed by atoms with van der Waals surface area (Å²) in [4.78, 5) is 8.85. The van der Waals surface area contributed by atoms with Crippen LogP contribution in [0.15, 0.2) is 65.2 Å². The lowest BCUT2D eigenvalue weighted by molar-refractivity contribution is 0.400. The Morgan fingerprint density at radius 3 is 2.11 bits per heavy atom. The van der Waals surface area contributed by atoms with Gasteiger partial charge >= 0.3 is 0 Å². The number of benzene rings is 2. The van der Waals surface area contributed by atoms with Gasteiger partial charge in [0.2, 0.25) is 0 Å². The number of para-hydroxylation sites is 1. The van der Waals surface area contributed by atoms with Gasteiger partial charge in [-0.2, -0.15) is 0 Å². The van der Waals surface area contributed by atoms with Gasteiger partial charge in [-0.15, -0.1) is 0 Å². The first-order chi connectivity index (χ1) is 13.6. The minimum absolute atomic E-state index is 0.223. The molecule has 0 amide bonds. The van der Waals surface area contributed by atoms with Crippen molar-refractivity contribution in [2.75, 3.05) is 10.6 Å². The SMILES string of the molecule is Cc1cc(Nc2cc(Nc3c(F)cccc3F)nc(-c3ccccc3)n2)no1. The number of hydrogen-bond donors (Lipinski definition) is 2. The topological polar surface area (TPSA) is 75.9 Å². The molecular weight excluding hydrogens is 364 g/mol. The van der Waals surface area contributed by atoms with E-state index >= 15 is 0 Å². The maximum Gasteiger partial charge on any atom is 0.175 e. The Bertz CT molecular complexity index is 1090. The largest absolute Gasteiger partial charge is 0.360 e. The van der Waals surface area contributed by atoms with Crippen molar-refractivity contribution in [2.45, 2.75) is 6.92 Å². The van der Waals surface area contributed by atoms with Crippen LogP contribution in [0.3, 0.4) is 0 Å². The van der Waals surface area contributed by atoms with Gasteiger partial charge in [-0.25, -0.2) is 18.7 Å². The van der Waals surface area contributed by atoms with E-state index in [0.29, 0.717) is 23.2 Å². The van der Waals surface area contributed by atoms with E-state index in [9.17, 15) is 8.78 Å². The van der Waals surface area contributed by atoms with Gasteiger partial charge in [0.25, 0.3) is 0 Å². The molecular formula is C20H15F2N5O. The number of aryl methyl sites for hydroxylation is 1. The van der Waals surface area contributed by atoms with Crippen LogP contribution in [0.5, 0.6) is 0 Å². The number of rotatable bonds is 5. The van der Waals surface area contributed by atoms with Crippen molar-refractivity contribution in [2.24, 2.45) is 0 Å². The second kappa shape index (κ2) is 7.43. The smallest absolute Gasteiger partial charge is 0.175 e. The van der Waals surface area contributed by atoms with Crippen LogP contribution in [-0.2, 0) is 0 Å². The molecule has 28 heavy (non-hydrogen) atoms. The Morgan fingerprint density at radius 2 is 1.46 bits per heavy atom. The maximum atomic E-state index is 14.0. The van der Waals surface area contributed by atoms with Gasteiger partial charge in [0, 0.05) is 17.7 Å². The maximum absolute atomic E-state index is 14.0. The highest BCUT2D eigenvalue weighted by atomic mass is 19.1. The number of halogens is 2. The van der Waals surface area contributed by atoms with E-state index in [-0.39, 0.29) is 11.5 Å². The van der Waals surface area contributed by atoms with E-state index in [2.05, 4.69) is 25.8 Å². The molecule has 0 radical (unpaired) electrons. The van der Waals surface area contributed by atoms with Gasteiger partial charge in [-0.05, 0) is 19.1 Å². The molecule has 2 aromatic heterocycles. The van der Waals surface area contributed by atoms with E-state index in [1.165, 1.54) is 24.3 Å². The molecule has 0 fully saturated rings. The van der Waals surface area contributed by atoms with Crippen LogP contribution < -0.4 is 10.6 Å². The molecule has 8 heteroatoms. The third kappa shape index (κ3) is 3.80. The zero-order valence-corrected chi connectivity index (χ0v) is 14.8. The zero-order valence-electron chi connectivity index (χ0n) is 14.8. The molecule has 0 unspecified atom stereocenters. The Balaban J connectivity index is 1.75. The van der Waals surface area contributed by atoms with Gasteiger partial charge in [-0.3, -0.25) is 0 Å². The monoisotopic (exact) mass is 379 g/mol. The third-order valence-corrected chi connectivity index (χ3v) is 3.86. The fourth-order valence-electron chi connectivity index (χ4n) is 2.59. The van der Waals surface area contributed by atoms with E-state index in [4.69, 9.17) is 4.52 Å². The lowest BCUT2D eigenvalue weighted by Gasteiger charge is -2.11. The number of hydrogen-bond acceptors (Lipinski definition) is 6. The Labute approximate surface area is 159 Å². The summed E-state index contributed by atoms with van der Waals surface area (Å²) in [5, 5.41) is 9.57. The summed E-state index contributed by atoms with van der Waals surface area (Å²) in [7, 11) is 0. The van der Waals surface area contributed by atoms with E-state index in [0.717, 1.165) is 5.56 Å². The van der Waals surface area contributed by atoms with Crippen LogP contribution in [0.1, 0.15) is 5.76 Å². The fourth-order valence-corrected chi connectivity index (χ4v) is 2.59. The molecule has 4 aromatic rings. The number of aromatic nitrogens is 3. The van der Waals surface area contributed by atoms with Crippen molar-refractivity contribution in [1.29, 1.82) is 0 Å². The van der Waals surface area contributed by atoms with Crippen molar-refractivity contribution in [3.63, 3.8) is 0 Å². The van der Waals surface area contributed by atoms with Gasteiger partial charge in [0.05, 0.1) is 0 Å². The summed E-state index contributed by atoms with van der Waals surface area (Å²) < 4.78 is 33.1. The Kier molecular flexibility index (Phi) is 4.67. The van der Waals surface area contributed by atoms with Crippen molar-refractivity contribution >= 4 is 23.1 Å². The predicted octanol–water partition coefficient (Wildman–Crippen LogP) is 5.21. The number of anilines is 4. The zero-order chi connectivity index (χ0) is 19.5. The van der Waals surface area contributed by atoms with Crippen LogP contribution in [-0.4, -0.2) is 15.1 Å². The molecule has 0 saturated carbocycles. The molecule has 2 aromatic carbocycles. The minimum atomic E-state index is -0.721.